The van der Waals surface area contributed by atoms with Gasteiger partial charge in [0.2, 0.25) is 0 Å². The fourth-order valence-corrected chi connectivity index (χ4v) is 16.7. The van der Waals surface area contributed by atoms with E-state index in [0.717, 1.165) is 82.8 Å². The zero-order valence-electron chi connectivity index (χ0n) is 39.9. The largest absolute Gasteiger partial charge is 0.494 e. The van der Waals surface area contributed by atoms with E-state index < -0.39 is 11.6 Å². The lowest BCUT2D eigenvalue weighted by atomic mass is 10.2. The van der Waals surface area contributed by atoms with E-state index in [-0.39, 0.29) is 5.70 Å². The van der Waals surface area contributed by atoms with Crippen molar-refractivity contribution in [3.63, 3.8) is 0 Å². The van der Waals surface area contributed by atoms with Crippen molar-refractivity contribution in [2.75, 3.05) is 94.9 Å². The van der Waals surface area contributed by atoms with E-state index in [1.807, 2.05) is 54.1 Å². The van der Waals surface area contributed by atoms with Gasteiger partial charge in [-0.25, -0.2) is 4.85 Å². The van der Waals surface area contributed by atoms with Gasteiger partial charge in [-0.15, -0.1) is 90.7 Å². The summed E-state index contributed by atoms with van der Waals surface area (Å²) in [6.45, 7) is 12.6. The normalized spacial score (nSPS) is 11.1. The summed E-state index contributed by atoms with van der Waals surface area (Å²) in [6.07, 6.45) is 2.34. The minimum Gasteiger partial charge on any atom is -0.494 e. The van der Waals surface area contributed by atoms with E-state index in [2.05, 4.69) is 20.8 Å². The van der Waals surface area contributed by atoms with Gasteiger partial charge in [0.1, 0.15) is 41.5 Å². The summed E-state index contributed by atoms with van der Waals surface area (Å²) >= 11 is 16.0. The first-order valence-corrected chi connectivity index (χ1v) is 27.2. The Bertz CT molecular complexity index is 3040. The van der Waals surface area contributed by atoms with Gasteiger partial charge in [-0.1, -0.05) is 0 Å². The molecule has 8 aromatic heterocycles. The Kier molecular flexibility index (Phi) is 19.1. The number of hydrogen-bond acceptors (Lipinski definition) is 21. The fourth-order valence-electron chi connectivity index (χ4n) is 6.08. The number of fused-ring (bicyclic) bond motifs is 4. The average molecular weight is 1150 g/mol. The van der Waals surface area contributed by atoms with Crippen LogP contribution in [0.4, 0.5) is 10.0 Å². The number of carbonyl (C=O) groups excluding carboxylic acids is 2. The van der Waals surface area contributed by atoms with Crippen LogP contribution in [0.5, 0.6) is 46.0 Å². The van der Waals surface area contributed by atoms with Crippen LogP contribution in [-0.4, -0.2) is 103 Å². The van der Waals surface area contributed by atoms with Gasteiger partial charge in [0.05, 0.1) is 106 Å². The van der Waals surface area contributed by atoms with E-state index in [0.29, 0.717) is 21.3 Å². The molecule has 0 unspecified atom stereocenters. The number of anilines is 2. The second-order valence-corrected chi connectivity index (χ2v) is 24.0. The number of nitrogens with zero attached hydrogens (tertiary/aromatic N) is 3. The molecule has 0 radical (unpaired) electrons. The first kappa shape index (κ1) is 54.4. The van der Waals surface area contributed by atoms with E-state index in [1.54, 1.807) is 146 Å². The Morgan fingerprint density at radius 1 is 0.559 bits per heavy atom. The predicted octanol–water partition coefficient (Wildman–Crippen LogP) is 14.2. The van der Waals surface area contributed by atoms with Crippen molar-refractivity contribution in [3.8, 4) is 46.0 Å². The number of ether oxygens (including phenoxy) is 9. The van der Waals surface area contributed by atoms with Crippen LogP contribution in [0.2, 0.25) is 0 Å². The monoisotopic (exact) mass is 1140 g/mol. The third kappa shape index (κ3) is 11.6. The average Bonchev–Trinajstić information content (AvgIpc) is 4.18. The molecule has 0 N–H and O–H groups in total. The summed E-state index contributed by atoms with van der Waals surface area (Å²) in [5, 5.41) is 8.02. The number of rotatable bonds is 13. The summed E-state index contributed by atoms with van der Waals surface area (Å²) in [5.74, 6) is 5.94. The summed E-state index contributed by atoms with van der Waals surface area (Å²) in [7, 11) is 21.0. The third-order valence-corrected chi connectivity index (χ3v) is 19.1. The number of esters is 1. The smallest absolute Gasteiger partial charge is 0.336 e. The van der Waals surface area contributed by atoms with Crippen molar-refractivity contribution in [2.45, 2.75) is 26.4 Å². The van der Waals surface area contributed by atoms with Crippen molar-refractivity contribution in [2.24, 2.45) is 0 Å². The molecule has 0 aliphatic heterocycles. The highest BCUT2D eigenvalue weighted by Crippen LogP contribution is 2.54. The highest BCUT2D eigenvalue weighted by molar-refractivity contribution is 9.11. The molecule has 0 fully saturated rings. The van der Waals surface area contributed by atoms with Crippen molar-refractivity contribution in [1.82, 2.24) is 0 Å². The number of halogens is 1. The van der Waals surface area contributed by atoms with Gasteiger partial charge >= 0.3 is 5.97 Å². The molecular formula is C45H50BrN3O11S8. The second kappa shape index (κ2) is 23.9. The molecule has 0 atom stereocenters. The maximum atomic E-state index is 12.2. The molecule has 0 aliphatic carbocycles. The molecule has 8 aromatic rings. The van der Waals surface area contributed by atoms with Crippen LogP contribution in [0.3, 0.4) is 0 Å². The number of thiophene rings is 8. The maximum absolute atomic E-state index is 12.2. The molecule has 8 heterocycles. The second-order valence-electron chi connectivity index (χ2n) is 14.9. The molecule has 0 bridgehead atoms. The number of carbonyl (C=O) groups is 2. The molecule has 8 rings (SSSR count). The van der Waals surface area contributed by atoms with Gasteiger partial charge in [0.15, 0.2) is 35.0 Å². The maximum Gasteiger partial charge on any atom is 0.336 e. The lowest BCUT2D eigenvalue weighted by molar-refractivity contribution is -0.149. The van der Waals surface area contributed by atoms with Crippen molar-refractivity contribution >= 4 is 173 Å². The molecule has 14 nitrogen and oxygen atoms in total. The minimum atomic E-state index is -0.662. The van der Waals surface area contributed by atoms with Gasteiger partial charge in [0, 0.05) is 44.3 Å². The molecule has 0 saturated heterocycles. The quantitative estimate of drug-likeness (QED) is 0.0471. The van der Waals surface area contributed by atoms with Gasteiger partial charge < -0.3 is 52.4 Å². The highest BCUT2D eigenvalue weighted by Gasteiger charge is 2.26. The van der Waals surface area contributed by atoms with Crippen LogP contribution in [-0.2, 0) is 9.53 Å². The molecule has 0 aromatic carbocycles. The Labute approximate surface area is 435 Å². The third-order valence-electron chi connectivity index (χ3n) is 9.00. The topological polar surface area (TPSA) is 128 Å². The van der Waals surface area contributed by atoms with Crippen LogP contribution in [0, 0.1) is 6.57 Å². The number of hydrogen-bond donors (Lipinski definition) is 0. The number of methoxy groups -OCH3 is 8. The summed E-state index contributed by atoms with van der Waals surface area (Å²) in [6, 6.07) is 0. The summed E-state index contributed by atoms with van der Waals surface area (Å²) in [4.78, 5) is 31.8. The van der Waals surface area contributed by atoms with E-state index in [1.165, 1.54) is 38.1 Å². The first-order valence-electron chi connectivity index (χ1n) is 19.7. The highest BCUT2D eigenvalue weighted by atomic mass is 79.9. The van der Waals surface area contributed by atoms with E-state index in [9.17, 15) is 9.59 Å². The Hall–Kier alpha value is -4.51. The van der Waals surface area contributed by atoms with Gasteiger partial charge in [0.25, 0.3) is 5.70 Å². The Morgan fingerprint density at radius 2 is 0.956 bits per heavy atom. The molecule has 23 heteroatoms. The van der Waals surface area contributed by atoms with Crippen LogP contribution >= 0.6 is 107 Å². The zero-order chi connectivity index (χ0) is 50.2. The fraction of sp³-hybridized carbons (Fsp3) is 0.356. The molecule has 68 heavy (non-hydrogen) atoms. The molecular weight excluding hydrogens is 1090 g/mol. The molecule has 0 amide bonds. The van der Waals surface area contributed by atoms with Gasteiger partial charge in [-0.2, -0.15) is 0 Å². The first-order chi connectivity index (χ1) is 32.4. The summed E-state index contributed by atoms with van der Waals surface area (Å²) < 4.78 is 57.5. The van der Waals surface area contributed by atoms with E-state index >= 15 is 0 Å². The number of aldehydes is 1. The van der Waals surface area contributed by atoms with Gasteiger partial charge in [-0.05, 0) is 42.8 Å². The molecule has 0 spiro atoms. The lowest BCUT2D eigenvalue weighted by Crippen LogP contribution is -2.24. The molecule has 0 saturated carbocycles. The Balaban J connectivity index is 0.000000178. The zero-order valence-corrected chi connectivity index (χ0v) is 48.0. The van der Waals surface area contributed by atoms with Crippen LogP contribution in [0.1, 0.15) is 35.3 Å². The summed E-state index contributed by atoms with van der Waals surface area (Å²) in [5.41, 5.74) is -0.746. The standard InChI is InChI=1S/C18H22N2O4S2.C11H13NO3S2.C8H7BrO2S2.C8H8O2S2/c1-18(2,3)24-17(21)10(19-4)9-11-12(22-7)14-15(25-11)13(23-8)16(26-14)20(5)6;1-12(2)11-8(15-4)10-9(17-11)7(14-3)6(5-13)16-10;1-10-4-3-12-7-5(11-2)8(9)13-6(4)7;1-9-5-3-11-8-6(10-2)4-12-7(5)8/h9H,1-3,5-8H3;5H,1-4H3;3H,1-2H3;3-4H,1-2H3/b10-9-;;;. The van der Waals surface area contributed by atoms with Crippen molar-refractivity contribution < 1.29 is 52.2 Å². The van der Waals surface area contributed by atoms with Crippen LogP contribution in [0.25, 0.3) is 48.5 Å². The van der Waals surface area contributed by atoms with Crippen molar-refractivity contribution in [3.05, 3.63) is 46.8 Å². The lowest BCUT2D eigenvalue weighted by Gasteiger charge is -2.19. The molecule has 366 valence electrons. The Morgan fingerprint density at radius 3 is 1.34 bits per heavy atom. The van der Waals surface area contributed by atoms with Gasteiger partial charge in [-0.3, -0.25) is 9.59 Å². The minimum absolute atomic E-state index is 0.0843. The SMILES string of the molecule is COc1c(C=O)sc2c(OC)c(N(C)C)sc12.COc1csc2c(OC)c(Br)sc12.COc1csc2c(OC)csc12.[C-]#[N+]/C(=C\c1sc2c(OC)c(N(C)C)sc2c1OC)C(=O)OC(C)(C)C. The molecule has 0 aliphatic rings. The predicted molar refractivity (Wildman–Crippen MR) is 293 cm³/mol. The van der Waals surface area contributed by atoms with Crippen LogP contribution < -0.4 is 47.7 Å². The van der Waals surface area contributed by atoms with Crippen molar-refractivity contribution in [1.29, 1.82) is 0 Å². The van der Waals surface area contributed by atoms with E-state index in [4.69, 9.17) is 49.2 Å². The van der Waals surface area contributed by atoms with Crippen LogP contribution in [0.15, 0.2) is 25.6 Å².